The van der Waals surface area contributed by atoms with Gasteiger partial charge >= 0.3 is 0 Å². The minimum absolute atomic E-state index is 0.204. The molecule has 4 rings (SSSR count). The molecular weight excluding hydrogens is 462 g/mol. The third kappa shape index (κ3) is 6.26. The molecule has 33 heavy (non-hydrogen) atoms. The summed E-state index contributed by atoms with van der Waals surface area (Å²) in [5.41, 5.74) is 2.12. The topological polar surface area (TPSA) is 109 Å². The molecule has 1 aromatic carbocycles. The van der Waals surface area contributed by atoms with Gasteiger partial charge in [0.05, 0.1) is 6.54 Å². The molecule has 1 aliphatic heterocycles. The first kappa shape index (κ1) is 23.6. The Hall–Kier alpha value is -2.60. The van der Waals surface area contributed by atoms with Crippen molar-refractivity contribution < 1.29 is 17.7 Å². The Kier molecular flexibility index (Phi) is 7.53. The number of aryl methyl sites for hydroxylation is 2. The molecule has 3 aromatic rings. The molecule has 0 aliphatic carbocycles. The number of amides is 1. The quantitative estimate of drug-likeness (QED) is 0.491. The molecule has 0 saturated carbocycles. The fourth-order valence-corrected chi connectivity index (χ4v) is 5.62. The molecule has 0 bridgehead atoms. The molecular formula is C22H27N5O4S2. The number of nitrogens with zero attached hydrogens (tertiary/aromatic N) is 4. The number of thiophene rings is 1. The molecule has 176 valence electrons. The predicted octanol–water partition coefficient (Wildman–Crippen LogP) is 2.16. The smallest absolute Gasteiger partial charge is 0.250 e. The molecule has 0 atom stereocenters. The van der Waals surface area contributed by atoms with Crippen molar-refractivity contribution in [3.05, 3.63) is 53.2 Å². The van der Waals surface area contributed by atoms with Gasteiger partial charge in [-0.05, 0) is 31.3 Å². The lowest BCUT2D eigenvalue weighted by atomic mass is 10.1. The van der Waals surface area contributed by atoms with Gasteiger partial charge in [0.25, 0.3) is 10.0 Å². The van der Waals surface area contributed by atoms with Crippen LogP contribution in [-0.2, 0) is 21.2 Å². The zero-order valence-corrected chi connectivity index (χ0v) is 20.1. The van der Waals surface area contributed by atoms with E-state index < -0.39 is 10.0 Å². The predicted molar refractivity (Wildman–Crippen MR) is 125 cm³/mol. The van der Waals surface area contributed by atoms with E-state index in [1.807, 2.05) is 31.2 Å². The van der Waals surface area contributed by atoms with Crippen LogP contribution in [0.3, 0.4) is 0 Å². The zero-order chi connectivity index (χ0) is 23.3. The first-order valence-electron chi connectivity index (χ1n) is 10.8. The van der Waals surface area contributed by atoms with Gasteiger partial charge in [0.2, 0.25) is 17.6 Å². The number of benzene rings is 1. The monoisotopic (exact) mass is 489 g/mol. The molecule has 9 nitrogen and oxygen atoms in total. The first-order chi connectivity index (χ1) is 15.9. The summed E-state index contributed by atoms with van der Waals surface area (Å²) >= 11 is 1.13. The number of nitrogens with one attached hydrogen (secondary N) is 1. The summed E-state index contributed by atoms with van der Waals surface area (Å²) in [5.74, 6) is 1.02. The van der Waals surface area contributed by atoms with E-state index in [9.17, 15) is 13.2 Å². The third-order valence-electron chi connectivity index (χ3n) is 5.54. The minimum Gasteiger partial charge on any atom is -0.339 e. The maximum absolute atomic E-state index is 12.4. The number of sulfonamides is 1. The third-order valence-corrected chi connectivity index (χ3v) is 8.34. The lowest BCUT2D eigenvalue weighted by molar-refractivity contribution is -0.131. The standard InChI is InChI=1S/C22H27N5O4S2/c1-17-6-8-18(9-7-17)22-24-19(31-25-22)4-2-10-26-11-13-27(14-12-26)20(28)16-23-33(29,30)21-5-3-15-32-21/h3,5-9,15,23H,2,4,10-14,16H2,1H3. The summed E-state index contributed by atoms with van der Waals surface area (Å²) in [6.07, 6.45) is 1.58. The molecule has 0 radical (unpaired) electrons. The Balaban J connectivity index is 1.16. The van der Waals surface area contributed by atoms with E-state index in [4.69, 9.17) is 4.52 Å². The fourth-order valence-electron chi connectivity index (χ4n) is 3.61. The Morgan fingerprint density at radius 2 is 1.91 bits per heavy atom. The van der Waals surface area contributed by atoms with Gasteiger partial charge < -0.3 is 9.42 Å². The van der Waals surface area contributed by atoms with Crippen LogP contribution in [0.25, 0.3) is 11.4 Å². The average Bonchev–Trinajstić information content (AvgIpc) is 3.52. The highest BCUT2D eigenvalue weighted by atomic mass is 32.2. The van der Waals surface area contributed by atoms with Crippen molar-refractivity contribution in [1.29, 1.82) is 0 Å². The fraction of sp³-hybridized carbons (Fsp3) is 0.409. The van der Waals surface area contributed by atoms with Crippen molar-refractivity contribution in [2.24, 2.45) is 0 Å². The van der Waals surface area contributed by atoms with E-state index in [1.165, 1.54) is 11.6 Å². The summed E-state index contributed by atoms with van der Waals surface area (Å²) in [7, 11) is -3.63. The van der Waals surface area contributed by atoms with Crippen LogP contribution < -0.4 is 4.72 Å². The summed E-state index contributed by atoms with van der Waals surface area (Å²) in [6, 6.07) is 11.2. The number of hydrogen-bond acceptors (Lipinski definition) is 8. The van der Waals surface area contributed by atoms with E-state index in [0.717, 1.165) is 43.0 Å². The van der Waals surface area contributed by atoms with Gasteiger partial charge in [0.15, 0.2) is 0 Å². The van der Waals surface area contributed by atoms with Crippen LogP contribution in [0.4, 0.5) is 0 Å². The second-order valence-corrected chi connectivity index (χ2v) is 10.9. The maximum Gasteiger partial charge on any atom is 0.250 e. The van der Waals surface area contributed by atoms with Gasteiger partial charge in [-0.1, -0.05) is 41.1 Å². The van der Waals surface area contributed by atoms with E-state index in [0.29, 0.717) is 31.2 Å². The number of hydrogen-bond donors (Lipinski definition) is 1. The SMILES string of the molecule is Cc1ccc(-c2noc(CCCN3CCN(C(=O)CNS(=O)(=O)c4cccs4)CC3)n2)cc1. The van der Waals surface area contributed by atoms with Gasteiger partial charge in [-0.15, -0.1) is 11.3 Å². The van der Waals surface area contributed by atoms with Crippen LogP contribution in [0.1, 0.15) is 17.9 Å². The largest absolute Gasteiger partial charge is 0.339 e. The molecule has 0 unspecified atom stereocenters. The van der Waals surface area contributed by atoms with Gasteiger partial charge in [-0.3, -0.25) is 9.69 Å². The van der Waals surface area contributed by atoms with Crippen LogP contribution in [-0.4, -0.2) is 73.5 Å². The number of rotatable bonds is 9. The van der Waals surface area contributed by atoms with Crippen molar-refractivity contribution in [3.63, 3.8) is 0 Å². The second-order valence-electron chi connectivity index (χ2n) is 7.96. The molecule has 3 heterocycles. The lowest BCUT2D eigenvalue weighted by Gasteiger charge is -2.34. The van der Waals surface area contributed by atoms with Crippen molar-refractivity contribution in [2.75, 3.05) is 39.3 Å². The van der Waals surface area contributed by atoms with Crippen molar-refractivity contribution in [3.8, 4) is 11.4 Å². The van der Waals surface area contributed by atoms with Crippen LogP contribution in [0.2, 0.25) is 0 Å². The second kappa shape index (κ2) is 10.6. The first-order valence-corrected chi connectivity index (χ1v) is 13.2. The highest BCUT2D eigenvalue weighted by Gasteiger charge is 2.23. The molecule has 1 N–H and O–H groups in total. The Morgan fingerprint density at radius 3 is 2.61 bits per heavy atom. The Bertz CT molecular complexity index is 1150. The van der Waals surface area contributed by atoms with Crippen LogP contribution in [0.15, 0.2) is 50.5 Å². The molecule has 0 spiro atoms. The van der Waals surface area contributed by atoms with Gasteiger partial charge in [0.1, 0.15) is 4.21 Å². The molecule has 1 amide bonds. The van der Waals surface area contributed by atoms with Crippen LogP contribution in [0.5, 0.6) is 0 Å². The number of aromatic nitrogens is 2. The van der Waals surface area contributed by atoms with E-state index >= 15 is 0 Å². The summed E-state index contributed by atoms with van der Waals surface area (Å²) in [5, 5.41) is 5.76. The highest BCUT2D eigenvalue weighted by Crippen LogP contribution is 2.17. The number of carbonyl (C=O) groups is 1. The summed E-state index contributed by atoms with van der Waals surface area (Å²) in [4.78, 5) is 20.9. The van der Waals surface area contributed by atoms with Gasteiger partial charge in [0, 0.05) is 38.2 Å². The van der Waals surface area contributed by atoms with Gasteiger partial charge in [-0.2, -0.15) is 4.98 Å². The van der Waals surface area contributed by atoms with E-state index in [-0.39, 0.29) is 16.7 Å². The molecule has 11 heteroatoms. The Labute approximate surface area is 197 Å². The average molecular weight is 490 g/mol. The zero-order valence-electron chi connectivity index (χ0n) is 18.4. The van der Waals surface area contributed by atoms with Crippen molar-refractivity contribution >= 4 is 27.3 Å². The normalized spacial score (nSPS) is 15.1. The van der Waals surface area contributed by atoms with Crippen LogP contribution in [0, 0.1) is 6.92 Å². The minimum atomic E-state index is -3.63. The van der Waals surface area contributed by atoms with Gasteiger partial charge in [-0.25, -0.2) is 13.1 Å². The number of carbonyl (C=O) groups excluding carboxylic acids is 1. The summed E-state index contributed by atoms with van der Waals surface area (Å²) in [6.45, 7) is 5.35. The molecule has 2 aromatic heterocycles. The summed E-state index contributed by atoms with van der Waals surface area (Å²) < 4.78 is 32.3. The lowest BCUT2D eigenvalue weighted by Crippen LogP contribution is -2.51. The van der Waals surface area contributed by atoms with E-state index in [1.54, 1.807) is 16.3 Å². The molecule has 1 saturated heterocycles. The Morgan fingerprint density at radius 1 is 1.15 bits per heavy atom. The molecule has 1 fully saturated rings. The highest BCUT2D eigenvalue weighted by molar-refractivity contribution is 7.91. The molecule has 1 aliphatic rings. The van der Waals surface area contributed by atoms with Crippen molar-refractivity contribution in [2.45, 2.75) is 24.0 Å². The van der Waals surface area contributed by atoms with Crippen molar-refractivity contribution in [1.82, 2.24) is 24.7 Å². The van der Waals surface area contributed by atoms with Crippen LogP contribution >= 0.6 is 11.3 Å². The van der Waals surface area contributed by atoms with E-state index in [2.05, 4.69) is 19.8 Å². The number of piperazine rings is 1. The maximum atomic E-state index is 12.4.